The quantitative estimate of drug-likeness (QED) is 0.768. The molecule has 1 saturated carbocycles. The second kappa shape index (κ2) is 8.49. The van der Waals surface area contributed by atoms with E-state index in [9.17, 15) is 0 Å². The summed E-state index contributed by atoms with van der Waals surface area (Å²) < 4.78 is 5.64. The Hall–Kier alpha value is -1.85. The number of para-hydroxylation sites is 1. The fourth-order valence-corrected chi connectivity index (χ4v) is 4.89. The molecule has 2 aromatic rings. The van der Waals surface area contributed by atoms with Crippen molar-refractivity contribution in [2.45, 2.75) is 58.2 Å². The third-order valence-electron chi connectivity index (χ3n) is 7.28. The zero-order valence-corrected chi connectivity index (χ0v) is 18.4. The van der Waals surface area contributed by atoms with Crippen LogP contribution in [0.1, 0.15) is 44.6 Å². The highest BCUT2D eigenvalue weighted by atomic mass is 16.5. The number of anilines is 1. The van der Waals surface area contributed by atoms with Crippen molar-refractivity contribution in [1.29, 1.82) is 0 Å². The molecule has 1 aliphatic heterocycles. The zero-order chi connectivity index (χ0) is 20.4. The van der Waals surface area contributed by atoms with Gasteiger partial charge in [0, 0.05) is 30.9 Å². The van der Waals surface area contributed by atoms with Crippen LogP contribution in [0.2, 0.25) is 0 Å². The first kappa shape index (κ1) is 20.4. The molecule has 0 unspecified atom stereocenters. The van der Waals surface area contributed by atoms with Crippen LogP contribution in [0.3, 0.4) is 0 Å². The van der Waals surface area contributed by atoms with Gasteiger partial charge in [0.2, 0.25) is 0 Å². The van der Waals surface area contributed by atoms with Gasteiger partial charge in [-0.15, -0.1) is 0 Å². The van der Waals surface area contributed by atoms with E-state index in [1.165, 1.54) is 38.0 Å². The second-order valence-corrected chi connectivity index (χ2v) is 9.73. The molecule has 2 fully saturated rings. The van der Waals surface area contributed by atoms with E-state index in [2.05, 4.69) is 78.5 Å². The fourth-order valence-electron chi connectivity index (χ4n) is 4.89. The summed E-state index contributed by atoms with van der Waals surface area (Å²) in [6.07, 6.45) is 4.80. The summed E-state index contributed by atoms with van der Waals surface area (Å²) in [5.41, 5.74) is 2.59. The van der Waals surface area contributed by atoms with E-state index in [4.69, 9.17) is 4.52 Å². The third-order valence-corrected chi connectivity index (χ3v) is 7.28. The van der Waals surface area contributed by atoms with Gasteiger partial charge in [0.05, 0.1) is 12.2 Å². The number of benzene rings is 1. The first-order chi connectivity index (χ1) is 13.9. The van der Waals surface area contributed by atoms with Gasteiger partial charge in [-0.2, -0.15) is 0 Å². The molecule has 4 rings (SSSR count). The highest BCUT2D eigenvalue weighted by molar-refractivity contribution is 5.45. The highest BCUT2D eigenvalue weighted by Gasteiger charge is 2.48. The fraction of sp³-hybridized carbons (Fsp3) is 0.625. The molecule has 1 aromatic heterocycles. The minimum Gasteiger partial charge on any atom is -0.367 e. The Morgan fingerprint density at radius 3 is 2.62 bits per heavy atom. The first-order valence-corrected chi connectivity index (χ1v) is 11.1. The van der Waals surface area contributed by atoms with Crippen molar-refractivity contribution in [2.24, 2.45) is 11.3 Å². The summed E-state index contributed by atoms with van der Waals surface area (Å²) >= 11 is 0. The van der Waals surface area contributed by atoms with Gasteiger partial charge < -0.3 is 19.6 Å². The van der Waals surface area contributed by atoms with E-state index < -0.39 is 0 Å². The number of nitrogens with zero attached hydrogens (tertiary/aromatic N) is 3. The van der Waals surface area contributed by atoms with Crippen LogP contribution >= 0.6 is 0 Å². The highest BCUT2D eigenvalue weighted by Crippen LogP contribution is 2.48. The lowest BCUT2D eigenvalue weighted by Gasteiger charge is -2.54. The summed E-state index contributed by atoms with van der Waals surface area (Å²) in [6.45, 7) is 8.00. The van der Waals surface area contributed by atoms with E-state index >= 15 is 0 Å². The Morgan fingerprint density at radius 1 is 1.21 bits per heavy atom. The molecule has 2 aliphatic rings. The Morgan fingerprint density at radius 2 is 1.93 bits per heavy atom. The van der Waals surface area contributed by atoms with Crippen LogP contribution in [0.25, 0.3) is 0 Å². The van der Waals surface area contributed by atoms with Crippen molar-refractivity contribution in [3.05, 3.63) is 47.9 Å². The molecule has 0 amide bonds. The van der Waals surface area contributed by atoms with E-state index in [0.29, 0.717) is 23.4 Å². The number of nitrogens with one attached hydrogen (secondary N) is 1. The van der Waals surface area contributed by atoms with Crippen molar-refractivity contribution in [3.8, 4) is 0 Å². The van der Waals surface area contributed by atoms with Crippen molar-refractivity contribution in [1.82, 2.24) is 15.4 Å². The van der Waals surface area contributed by atoms with Gasteiger partial charge in [-0.1, -0.05) is 37.2 Å². The molecule has 1 aromatic carbocycles. The molecule has 158 valence electrons. The zero-order valence-electron chi connectivity index (χ0n) is 18.4. The predicted octanol–water partition coefficient (Wildman–Crippen LogP) is 3.95. The van der Waals surface area contributed by atoms with Gasteiger partial charge >= 0.3 is 0 Å². The number of aromatic nitrogens is 1. The van der Waals surface area contributed by atoms with Gasteiger partial charge in [-0.25, -0.2) is 0 Å². The average Bonchev–Trinajstić information content (AvgIpc) is 3.16. The third kappa shape index (κ3) is 4.67. The van der Waals surface area contributed by atoms with Crippen LogP contribution < -0.4 is 10.2 Å². The molecule has 5 heteroatoms. The molecule has 1 aliphatic carbocycles. The number of piperidine rings is 1. The van der Waals surface area contributed by atoms with E-state index in [1.807, 2.05) is 6.07 Å². The minimum absolute atomic E-state index is 0.309. The number of likely N-dealkylation sites (tertiary alicyclic amines) is 1. The lowest BCUT2D eigenvalue weighted by molar-refractivity contribution is 0.00206. The summed E-state index contributed by atoms with van der Waals surface area (Å²) in [4.78, 5) is 4.63. The molecule has 29 heavy (non-hydrogen) atoms. The van der Waals surface area contributed by atoms with Gasteiger partial charge in [0.1, 0.15) is 0 Å². The minimum atomic E-state index is 0.309. The molecule has 1 N–H and O–H groups in total. The molecule has 5 nitrogen and oxygen atoms in total. The lowest BCUT2D eigenvalue weighted by atomic mass is 9.57. The Bertz CT molecular complexity index is 779. The summed E-state index contributed by atoms with van der Waals surface area (Å²) in [6, 6.07) is 13.8. The maximum absolute atomic E-state index is 5.64. The smallest absolute Gasteiger partial charge is 0.156 e. The van der Waals surface area contributed by atoms with Crippen molar-refractivity contribution in [3.63, 3.8) is 0 Å². The standard InChI is InChI=1S/C24H36N4O/c1-24(2)18(15-23(24)25-19-10-12-27(3)13-11-19)14-20-16-22(29-26-20)17-28(4)21-8-6-5-7-9-21/h5-9,16,18-19,23,25H,10-15,17H2,1-4H3/t18-,23+/m1/s1. The Balaban J connectivity index is 1.28. The molecular weight excluding hydrogens is 360 g/mol. The second-order valence-electron chi connectivity index (χ2n) is 9.73. The predicted molar refractivity (Wildman–Crippen MR) is 118 cm³/mol. The number of hydrogen-bond acceptors (Lipinski definition) is 5. The largest absolute Gasteiger partial charge is 0.367 e. The lowest BCUT2D eigenvalue weighted by Crippen LogP contribution is -2.60. The van der Waals surface area contributed by atoms with Crippen LogP contribution in [0, 0.1) is 11.3 Å². The maximum atomic E-state index is 5.64. The van der Waals surface area contributed by atoms with Crippen LogP contribution in [0.4, 0.5) is 5.69 Å². The summed E-state index contributed by atoms with van der Waals surface area (Å²) in [5, 5.41) is 8.33. The summed E-state index contributed by atoms with van der Waals surface area (Å²) in [5.74, 6) is 1.60. The van der Waals surface area contributed by atoms with Crippen LogP contribution in [0.5, 0.6) is 0 Å². The van der Waals surface area contributed by atoms with Crippen molar-refractivity contribution >= 4 is 5.69 Å². The monoisotopic (exact) mass is 396 g/mol. The van der Waals surface area contributed by atoms with Gasteiger partial charge in [0.15, 0.2) is 5.76 Å². The van der Waals surface area contributed by atoms with Crippen LogP contribution in [0.15, 0.2) is 40.9 Å². The average molecular weight is 397 g/mol. The van der Waals surface area contributed by atoms with Gasteiger partial charge in [0.25, 0.3) is 0 Å². The Labute approximate surface area is 175 Å². The number of hydrogen-bond donors (Lipinski definition) is 1. The Kier molecular flexibility index (Phi) is 5.98. The van der Waals surface area contributed by atoms with Crippen molar-refractivity contribution < 1.29 is 4.52 Å². The molecule has 0 radical (unpaired) electrons. The van der Waals surface area contributed by atoms with E-state index in [-0.39, 0.29) is 0 Å². The first-order valence-electron chi connectivity index (χ1n) is 11.1. The normalized spacial score (nSPS) is 25.0. The molecule has 0 spiro atoms. The number of rotatable bonds is 7. The van der Waals surface area contributed by atoms with Crippen molar-refractivity contribution in [2.75, 3.05) is 32.1 Å². The van der Waals surface area contributed by atoms with Crippen LogP contribution in [-0.2, 0) is 13.0 Å². The topological polar surface area (TPSA) is 44.5 Å². The SMILES string of the molecule is CN1CCC(N[C@H]2C[C@@H](Cc3cc(CN(C)c4ccccc4)on3)C2(C)C)CC1. The van der Waals surface area contributed by atoms with E-state index in [1.54, 1.807) is 0 Å². The summed E-state index contributed by atoms with van der Waals surface area (Å²) in [7, 11) is 4.31. The maximum Gasteiger partial charge on any atom is 0.156 e. The van der Waals surface area contributed by atoms with Gasteiger partial charge in [-0.05, 0) is 69.3 Å². The molecule has 2 atom stereocenters. The van der Waals surface area contributed by atoms with Gasteiger partial charge in [-0.3, -0.25) is 0 Å². The molecule has 0 bridgehead atoms. The molecular formula is C24H36N4O. The van der Waals surface area contributed by atoms with E-state index in [0.717, 1.165) is 24.4 Å². The molecule has 1 saturated heterocycles. The molecule has 2 heterocycles. The van der Waals surface area contributed by atoms with Crippen LogP contribution in [-0.4, -0.2) is 49.3 Å².